The molecule has 8 aromatic heterocycles. The number of unbranched alkanes of at least 4 members (excludes halogenated alkanes) is 6. The molecule has 0 aliphatic heterocycles. The number of amides is 5. The number of nitrogen functional groups attached to an aromatic ring is 1. The van der Waals surface area contributed by atoms with E-state index in [4.69, 9.17) is 27.1 Å². The van der Waals surface area contributed by atoms with Crippen LogP contribution in [0.1, 0.15) is 108 Å². The largest absolute Gasteiger partial charge is 0.481 e. The van der Waals surface area contributed by atoms with Crippen LogP contribution in [0.5, 0.6) is 0 Å². The molecule has 650 valence electrons. The van der Waals surface area contributed by atoms with Crippen molar-refractivity contribution in [2.24, 2.45) is 11.6 Å². The fraction of sp³-hybridized carbons (Fsp3) is 0.259. The number of halogens is 1. The van der Waals surface area contributed by atoms with Crippen LogP contribution in [-0.2, 0) is 99.8 Å². The highest BCUT2D eigenvalue weighted by Gasteiger charge is 2.14. The van der Waals surface area contributed by atoms with Crippen LogP contribution in [0.2, 0.25) is 0 Å². The van der Waals surface area contributed by atoms with Gasteiger partial charge in [0.2, 0.25) is 39.8 Å². The lowest BCUT2D eigenvalue weighted by Crippen LogP contribution is -2.34. The lowest BCUT2D eigenvalue weighted by Gasteiger charge is -2.07. The lowest BCUT2D eigenvalue weighted by atomic mass is 10.1. The van der Waals surface area contributed by atoms with Gasteiger partial charge in [0, 0.05) is 100 Å². The molecule has 12 rings (SSSR count). The summed E-state index contributed by atoms with van der Waals surface area (Å²) in [6.45, 7) is 1.57. The monoisotopic (exact) mass is 1820 g/mol. The third kappa shape index (κ3) is 43.6. The number of hydrazine groups is 1. The van der Waals surface area contributed by atoms with Crippen molar-refractivity contribution in [2.75, 3.05) is 37.6 Å². The Balaban J connectivity index is 0.000000243. The van der Waals surface area contributed by atoms with Crippen LogP contribution in [0.3, 0.4) is 0 Å². The average molecular weight is 1820 g/mol. The van der Waals surface area contributed by atoms with Crippen molar-refractivity contribution in [3.63, 3.8) is 0 Å². The Morgan fingerprint density at radius 1 is 0.456 bits per heavy atom. The number of benzene rings is 4. The quantitative estimate of drug-likeness (QED) is 0.00588. The molecule has 0 fully saturated rings. The number of aromatic amines is 1. The molecular weight excluding hydrogens is 1720 g/mol. The van der Waals surface area contributed by atoms with Crippen LogP contribution in [0.25, 0.3) is 0 Å². The number of carboxylic acid groups (broad SMARTS) is 1. The molecule has 4 aromatic carbocycles. The number of pyridine rings is 2. The van der Waals surface area contributed by atoms with Gasteiger partial charge in [-0.25, -0.2) is 30.0 Å². The maximum atomic E-state index is 12.3. The van der Waals surface area contributed by atoms with E-state index >= 15 is 0 Å². The molecule has 0 bridgehead atoms. The van der Waals surface area contributed by atoms with E-state index in [0.29, 0.717) is 55.0 Å². The zero-order valence-corrected chi connectivity index (χ0v) is 71.9. The molecule has 125 heavy (non-hydrogen) atoms. The summed E-state index contributed by atoms with van der Waals surface area (Å²) >= 11 is 10.2. The van der Waals surface area contributed by atoms with Gasteiger partial charge in [-0.3, -0.25) is 57.4 Å². The Morgan fingerprint density at radius 2 is 0.824 bits per heavy atom. The summed E-state index contributed by atoms with van der Waals surface area (Å²) in [5, 5.41) is 57.8. The van der Waals surface area contributed by atoms with Crippen LogP contribution < -0.4 is 72.1 Å². The number of H-pyrrole nitrogens is 1. The Kier molecular flexibility index (Phi) is 46.5. The SMILES string of the molecule is N#CCCCCBr.N#CCCCCn1ccc(NC(=O)Cc2ccccc2)nc1=O.NNC(N)=S.Nc1nnc(CCCCn2ccc(NC(=O)Cc3ccccc3)nc2=O)s1.O=C(Cc1ccccc1)Nc1ccn(CCCCc2nnc(NC(=O)Cc3cccnc3)s2)c(=O)n1.O=C(Cc1ccccc1)Nc1ccnc(=O)[nH]1.O=C(O)Cc1cccnc1. The van der Waals surface area contributed by atoms with E-state index in [9.17, 15) is 47.9 Å². The van der Waals surface area contributed by atoms with Crippen molar-refractivity contribution in [2.45, 2.75) is 135 Å². The Hall–Kier alpha value is -14.5. The molecular formula is C85H94BrN25O11S3. The number of anilines is 6. The second-order valence-corrected chi connectivity index (χ2v) is 29.8. The third-order valence-electron chi connectivity index (χ3n) is 16.4. The second-order valence-electron chi connectivity index (χ2n) is 26.4. The van der Waals surface area contributed by atoms with E-state index in [1.165, 1.54) is 48.6 Å². The van der Waals surface area contributed by atoms with Crippen LogP contribution in [0.15, 0.2) is 239 Å². The van der Waals surface area contributed by atoms with Crippen molar-refractivity contribution < 1.29 is 33.9 Å². The molecule has 14 N–H and O–H groups in total. The van der Waals surface area contributed by atoms with E-state index in [1.807, 2.05) is 133 Å². The van der Waals surface area contributed by atoms with Crippen LogP contribution in [0.4, 0.5) is 33.5 Å². The Bertz CT molecular complexity index is 5630. The van der Waals surface area contributed by atoms with E-state index < -0.39 is 23.0 Å². The fourth-order valence-electron chi connectivity index (χ4n) is 10.5. The smallest absolute Gasteiger partial charge is 0.349 e. The normalized spacial score (nSPS) is 10.0. The van der Waals surface area contributed by atoms with Gasteiger partial charge in [0.05, 0.1) is 50.7 Å². The summed E-state index contributed by atoms with van der Waals surface area (Å²) in [5.74, 6) is 3.94. The van der Waals surface area contributed by atoms with Crippen molar-refractivity contribution in [1.82, 2.24) is 74.4 Å². The first kappa shape index (κ1) is 99.4. The van der Waals surface area contributed by atoms with Crippen molar-refractivity contribution >= 4 is 125 Å². The van der Waals surface area contributed by atoms with E-state index in [-0.39, 0.29) is 96.3 Å². The number of carboxylic acids is 1. The number of aliphatic carboxylic acids is 1. The number of hydrogen-bond donors (Lipinski definition) is 11. The molecule has 36 nitrogen and oxygen atoms in total. The summed E-state index contributed by atoms with van der Waals surface area (Å²) in [7, 11) is 0. The zero-order chi connectivity index (χ0) is 90.0. The first-order chi connectivity index (χ1) is 60.5. The highest BCUT2D eigenvalue weighted by atomic mass is 79.9. The molecule has 8 heterocycles. The highest BCUT2D eigenvalue weighted by molar-refractivity contribution is 9.09. The number of rotatable bonds is 34. The first-order valence-corrected chi connectivity index (χ1v) is 42.1. The number of nitrogens with one attached hydrogen (secondary N) is 7. The summed E-state index contributed by atoms with van der Waals surface area (Å²) in [6, 6.07) is 55.1. The van der Waals surface area contributed by atoms with Gasteiger partial charge in [0.25, 0.3) is 0 Å². The molecule has 0 aliphatic carbocycles. The molecule has 0 saturated heterocycles. The minimum absolute atomic E-state index is 0.0494. The maximum Gasteiger partial charge on any atom is 0.349 e. The minimum Gasteiger partial charge on any atom is -0.481 e. The van der Waals surface area contributed by atoms with E-state index in [2.05, 4.69) is 128 Å². The average Bonchev–Trinajstić information content (AvgIpc) is 1.35. The summed E-state index contributed by atoms with van der Waals surface area (Å²) in [4.78, 5) is 143. The van der Waals surface area contributed by atoms with Gasteiger partial charge in [-0.1, -0.05) is 172 Å². The van der Waals surface area contributed by atoms with Crippen LogP contribution in [0, 0.1) is 22.7 Å². The van der Waals surface area contributed by atoms with Gasteiger partial charge in [-0.05, 0) is 133 Å². The lowest BCUT2D eigenvalue weighted by molar-refractivity contribution is -0.136. The molecule has 5 amide bonds. The standard InChI is InChI=1S/C25H25N7O3S.C18H20N6O2S.C17H18N4O2.C12H11N3O2.C7H7NO2.C5H8BrN.CH5N3S/c33-21(15-18-7-2-1-3-8-18)27-20-11-14-32(25(35)28-20)13-5-4-10-23-30-31-24(36-23)29-22(34)16-19-9-6-12-26-17-19;19-17-23-22-16(27-17)8-4-5-10-24-11-9-14(21-18(24)26)20-15(25)12-13-6-2-1-3-7-13;18-10-5-2-6-11-21-12-9-15(20-17(21)23)19-16(22)13-14-7-3-1-4-8-14;16-11(8-9-4-2-1-3-5-9)14-10-6-7-13-12(17)15-10;9-7(10)4-6-2-1-3-8-5-6;6-4-2-1-3-5-7;2-1(5)4-3/h1-3,6-9,11-12,14,17H,4-5,10,13,15-16H2,(H,29,31,34)(H,27,28,33,35);1-3,6-7,9,11H,4-5,8,10,12H2,(H2,19,23)(H,20,21,25,26);1,3-4,7-9,12H,2,5-6,11,13H2,(H,19,20,22,23);1-7H,8H2,(H2,13,14,15,16,17);1-3,5H,4H2,(H,9,10);1-4H2;3H2,(H3,2,4,5). The number of carbonyl (C=O) groups excluding carboxylic acids is 5. The maximum absolute atomic E-state index is 12.3. The molecule has 40 heteroatoms. The first-order valence-electron chi connectivity index (χ1n) is 38.9. The second kappa shape index (κ2) is 58.5. The number of aromatic nitrogens is 14. The van der Waals surface area contributed by atoms with Crippen molar-refractivity contribution in [1.29, 1.82) is 10.5 Å². The molecule has 12 aromatic rings. The molecule has 0 spiro atoms. The molecule has 0 radical (unpaired) electrons. The molecule has 0 saturated carbocycles. The Morgan fingerprint density at radius 3 is 1.18 bits per heavy atom. The summed E-state index contributed by atoms with van der Waals surface area (Å²) < 4.78 is 4.52. The molecule has 0 atom stereocenters. The van der Waals surface area contributed by atoms with E-state index in [1.54, 1.807) is 79.8 Å². The molecule has 0 aliphatic rings. The fourth-order valence-corrected chi connectivity index (χ4v) is 12.4. The van der Waals surface area contributed by atoms with Crippen molar-refractivity contribution in [3.05, 3.63) is 305 Å². The van der Waals surface area contributed by atoms with Crippen molar-refractivity contribution in [3.8, 4) is 12.1 Å². The minimum atomic E-state index is -0.826. The number of nitrogens with two attached hydrogens (primary N) is 3. The van der Waals surface area contributed by atoms with Gasteiger partial charge in [-0.15, -0.1) is 20.4 Å². The number of thiocarbonyl (C=S) groups is 1. The number of nitrogens with zero attached hydrogens (tertiary/aromatic N) is 15. The summed E-state index contributed by atoms with van der Waals surface area (Å²) in [5.41, 5.74) is 15.9. The van der Waals surface area contributed by atoms with Gasteiger partial charge in [0.1, 0.15) is 33.3 Å². The predicted octanol–water partition coefficient (Wildman–Crippen LogP) is 9.30. The molecule has 0 unspecified atom stereocenters. The van der Waals surface area contributed by atoms with Gasteiger partial charge < -0.3 is 48.6 Å². The Labute approximate surface area is 740 Å². The zero-order valence-electron chi connectivity index (χ0n) is 67.9. The number of carbonyl (C=O) groups is 6. The van der Waals surface area contributed by atoms with Crippen LogP contribution >= 0.6 is 50.8 Å². The predicted molar refractivity (Wildman–Crippen MR) is 485 cm³/mol. The highest BCUT2D eigenvalue weighted by Crippen LogP contribution is 2.19. The number of alkyl halides is 1. The van der Waals surface area contributed by atoms with Gasteiger partial charge >= 0.3 is 28.7 Å². The van der Waals surface area contributed by atoms with Crippen LogP contribution in [-0.4, -0.2) is 120 Å². The van der Waals surface area contributed by atoms with Gasteiger partial charge in [0.15, 0.2) is 5.11 Å². The summed E-state index contributed by atoms with van der Waals surface area (Å²) in [6.07, 6.45) is 23.5. The topological polar surface area (TPSA) is 548 Å². The number of nitriles is 2. The number of aryl methyl sites for hydroxylation is 5. The third-order valence-corrected chi connectivity index (χ3v) is 18.8. The number of hydrogen-bond acceptors (Lipinski definition) is 27. The van der Waals surface area contributed by atoms with E-state index in [0.717, 1.165) is 107 Å². The van der Waals surface area contributed by atoms with Gasteiger partial charge in [-0.2, -0.15) is 25.5 Å².